The van der Waals surface area contributed by atoms with Crippen molar-refractivity contribution in [1.82, 2.24) is 5.32 Å². The standard InChI is InChI=1S/C26H32N2O/c1-26(29,28-25-13-7-5-3-2-4-6-10-18-27-25)22-17-16-21-15-14-20-11-8-9-12-23(20)24(21)19-22/h8-9,11-12,14-17,19,29H,2-7,10,13,18H2,1H3,(H,27,28). The van der Waals surface area contributed by atoms with E-state index in [4.69, 9.17) is 4.99 Å². The molecule has 3 heteroatoms. The molecule has 1 heterocycles. The topological polar surface area (TPSA) is 44.6 Å². The summed E-state index contributed by atoms with van der Waals surface area (Å²) in [6, 6.07) is 19.0. The largest absolute Gasteiger partial charge is 0.367 e. The lowest BCUT2D eigenvalue weighted by atomic mass is 9.96. The molecule has 1 unspecified atom stereocenters. The maximum absolute atomic E-state index is 11.3. The fraction of sp³-hybridized carbons (Fsp3) is 0.423. The highest BCUT2D eigenvalue weighted by Gasteiger charge is 2.24. The first-order chi connectivity index (χ1) is 14.1. The molecular weight excluding hydrogens is 356 g/mol. The lowest BCUT2D eigenvalue weighted by Crippen LogP contribution is -2.43. The summed E-state index contributed by atoms with van der Waals surface area (Å²) in [5.74, 6) is 0.940. The van der Waals surface area contributed by atoms with Crippen molar-refractivity contribution in [2.24, 2.45) is 4.99 Å². The molecule has 4 rings (SSSR count). The molecule has 0 spiro atoms. The maximum atomic E-state index is 11.3. The van der Waals surface area contributed by atoms with Crippen molar-refractivity contribution in [3.63, 3.8) is 0 Å². The van der Waals surface area contributed by atoms with Crippen LogP contribution in [-0.2, 0) is 5.72 Å². The third-order valence-electron chi connectivity index (χ3n) is 6.07. The first-order valence-electron chi connectivity index (χ1n) is 11.1. The van der Waals surface area contributed by atoms with Crippen molar-refractivity contribution in [1.29, 1.82) is 0 Å². The zero-order valence-corrected chi connectivity index (χ0v) is 17.5. The summed E-state index contributed by atoms with van der Waals surface area (Å²) in [4.78, 5) is 4.80. The molecule has 0 fully saturated rings. The molecular formula is C26H32N2O. The number of nitrogens with zero attached hydrogens (tertiary/aromatic N) is 1. The van der Waals surface area contributed by atoms with Gasteiger partial charge >= 0.3 is 0 Å². The monoisotopic (exact) mass is 388 g/mol. The quantitative estimate of drug-likeness (QED) is 0.401. The lowest BCUT2D eigenvalue weighted by molar-refractivity contribution is 0.0404. The van der Waals surface area contributed by atoms with Crippen LogP contribution in [0.3, 0.4) is 0 Å². The van der Waals surface area contributed by atoms with E-state index in [1.807, 2.05) is 13.0 Å². The van der Waals surface area contributed by atoms with E-state index in [9.17, 15) is 5.11 Å². The Morgan fingerprint density at radius 3 is 2.28 bits per heavy atom. The molecule has 3 nitrogen and oxygen atoms in total. The van der Waals surface area contributed by atoms with Crippen molar-refractivity contribution < 1.29 is 5.11 Å². The van der Waals surface area contributed by atoms with Crippen LogP contribution < -0.4 is 5.32 Å². The second-order valence-electron chi connectivity index (χ2n) is 8.47. The summed E-state index contributed by atoms with van der Waals surface area (Å²) in [6.45, 7) is 2.69. The maximum Gasteiger partial charge on any atom is 0.159 e. The molecule has 0 aliphatic carbocycles. The van der Waals surface area contributed by atoms with Gasteiger partial charge in [-0.2, -0.15) is 0 Å². The van der Waals surface area contributed by atoms with Crippen molar-refractivity contribution in [3.05, 3.63) is 60.2 Å². The van der Waals surface area contributed by atoms with Gasteiger partial charge in [0.05, 0.1) is 5.84 Å². The smallest absolute Gasteiger partial charge is 0.159 e. The molecule has 2 N–H and O–H groups in total. The molecule has 0 amide bonds. The highest BCUT2D eigenvalue weighted by atomic mass is 16.3. The van der Waals surface area contributed by atoms with Gasteiger partial charge in [0.1, 0.15) is 0 Å². The number of aliphatic hydroxyl groups is 1. The van der Waals surface area contributed by atoms with Crippen molar-refractivity contribution >= 4 is 27.4 Å². The third-order valence-corrected chi connectivity index (χ3v) is 6.07. The van der Waals surface area contributed by atoms with Gasteiger partial charge in [0, 0.05) is 18.5 Å². The van der Waals surface area contributed by atoms with E-state index in [1.54, 1.807) is 0 Å². The Balaban J connectivity index is 1.62. The number of amidine groups is 1. The fourth-order valence-corrected chi connectivity index (χ4v) is 4.34. The van der Waals surface area contributed by atoms with Crippen LogP contribution in [0.5, 0.6) is 0 Å². The van der Waals surface area contributed by atoms with E-state index in [0.29, 0.717) is 0 Å². The minimum absolute atomic E-state index is 0.848. The first kappa shape index (κ1) is 19.9. The van der Waals surface area contributed by atoms with E-state index < -0.39 is 5.72 Å². The summed E-state index contributed by atoms with van der Waals surface area (Å²) in [6.07, 6.45) is 9.63. The number of nitrogens with one attached hydrogen (secondary N) is 1. The SMILES string of the molecule is CC(O)(NC1=NCCCCCCCCC1)c1ccc2ccc3ccccc3c2c1. The van der Waals surface area contributed by atoms with E-state index in [0.717, 1.165) is 37.2 Å². The van der Waals surface area contributed by atoms with Crippen LogP contribution in [0.15, 0.2) is 59.6 Å². The average Bonchev–Trinajstić information content (AvgIpc) is 2.79. The van der Waals surface area contributed by atoms with Crippen LogP contribution in [-0.4, -0.2) is 17.5 Å². The molecule has 1 aliphatic rings. The normalized spacial score (nSPS) is 18.6. The molecule has 0 bridgehead atoms. The molecule has 1 aliphatic heterocycles. The molecule has 3 aromatic carbocycles. The van der Waals surface area contributed by atoms with Gasteiger partial charge in [-0.3, -0.25) is 4.99 Å². The van der Waals surface area contributed by atoms with Gasteiger partial charge in [-0.15, -0.1) is 0 Å². The molecule has 152 valence electrons. The highest BCUT2D eigenvalue weighted by Crippen LogP contribution is 2.29. The Labute approximate surface area is 173 Å². The van der Waals surface area contributed by atoms with Crippen LogP contribution in [0.2, 0.25) is 0 Å². The van der Waals surface area contributed by atoms with Gasteiger partial charge < -0.3 is 10.4 Å². The van der Waals surface area contributed by atoms with Crippen molar-refractivity contribution in [3.8, 4) is 0 Å². The second-order valence-corrected chi connectivity index (χ2v) is 8.47. The summed E-state index contributed by atoms with van der Waals surface area (Å²) >= 11 is 0. The number of hydrogen-bond acceptors (Lipinski definition) is 3. The third kappa shape index (κ3) is 4.79. The van der Waals surface area contributed by atoms with Gasteiger partial charge in [-0.1, -0.05) is 80.6 Å². The number of benzene rings is 3. The van der Waals surface area contributed by atoms with Gasteiger partial charge in [-0.05, 0) is 47.4 Å². The Morgan fingerprint density at radius 1 is 0.793 bits per heavy atom. The average molecular weight is 389 g/mol. The van der Waals surface area contributed by atoms with E-state index >= 15 is 0 Å². The molecule has 0 aromatic heterocycles. The minimum atomic E-state index is -1.15. The molecule has 0 saturated heterocycles. The number of rotatable bonds is 2. The van der Waals surface area contributed by atoms with Crippen LogP contribution in [0.4, 0.5) is 0 Å². The second kappa shape index (κ2) is 8.96. The zero-order chi connectivity index (χ0) is 20.1. The summed E-state index contributed by atoms with van der Waals surface area (Å²) in [7, 11) is 0. The van der Waals surface area contributed by atoms with Gasteiger partial charge in [0.25, 0.3) is 0 Å². The molecule has 0 radical (unpaired) electrons. The van der Waals surface area contributed by atoms with E-state index in [1.165, 1.54) is 53.6 Å². The Bertz CT molecular complexity index is 1010. The molecule has 0 saturated carbocycles. The number of aliphatic imine (C=N–C) groups is 1. The summed E-state index contributed by atoms with van der Waals surface area (Å²) < 4.78 is 0. The molecule has 3 aromatic rings. The fourth-order valence-electron chi connectivity index (χ4n) is 4.34. The Morgan fingerprint density at radius 2 is 1.45 bits per heavy atom. The van der Waals surface area contributed by atoms with E-state index in [2.05, 4.69) is 53.8 Å². The zero-order valence-electron chi connectivity index (χ0n) is 17.5. The molecule has 29 heavy (non-hydrogen) atoms. The highest BCUT2D eigenvalue weighted by molar-refractivity contribution is 6.07. The van der Waals surface area contributed by atoms with Crippen LogP contribution >= 0.6 is 0 Å². The van der Waals surface area contributed by atoms with Crippen LogP contribution in [0.25, 0.3) is 21.5 Å². The van der Waals surface area contributed by atoms with Gasteiger partial charge in [-0.25, -0.2) is 0 Å². The van der Waals surface area contributed by atoms with Crippen molar-refractivity contribution in [2.75, 3.05) is 6.54 Å². The number of hydrogen-bond donors (Lipinski definition) is 2. The first-order valence-corrected chi connectivity index (χ1v) is 11.1. The summed E-state index contributed by atoms with van der Waals surface area (Å²) in [5, 5.41) is 19.5. The van der Waals surface area contributed by atoms with Crippen molar-refractivity contribution in [2.45, 2.75) is 64.0 Å². The molecule has 1 atom stereocenters. The lowest BCUT2D eigenvalue weighted by Gasteiger charge is -2.28. The minimum Gasteiger partial charge on any atom is -0.367 e. The van der Waals surface area contributed by atoms with Gasteiger partial charge in [0.2, 0.25) is 0 Å². The van der Waals surface area contributed by atoms with Gasteiger partial charge in [0.15, 0.2) is 5.72 Å². The van der Waals surface area contributed by atoms with E-state index in [-0.39, 0.29) is 0 Å². The Kier molecular flexibility index (Phi) is 6.15. The number of fused-ring (bicyclic) bond motifs is 3. The van der Waals surface area contributed by atoms with Crippen LogP contribution in [0.1, 0.15) is 63.9 Å². The Hall–Kier alpha value is -2.39. The predicted octanol–water partition coefficient (Wildman–Crippen LogP) is 6.28. The summed E-state index contributed by atoms with van der Waals surface area (Å²) in [5.41, 5.74) is -0.275. The van der Waals surface area contributed by atoms with Crippen LogP contribution in [0, 0.1) is 0 Å². The predicted molar refractivity (Wildman–Crippen MR) is 123 cm³/mol.